The zero-order chi connectivity index (χ0) is 53.3. The van der Waals surface area contributed by atoms with Gasteiger partial charge in [-0.3, -0.25) is 9.59 Å². The van der Waals surface area contributed by atoms with E-state index in [2.05, 4.69) is 99.0 Å². The number of rotatable bonds is 47. The van der Waals surface area contributed by atoms with Gasteiger partial charge in [0.15, 0.2) is 12.4 Å². The second-order valence-corrected chi connectivity index (χ2v) is 19.6. The highest BCUT2D eigenvalue weighted by Crippen LogP contribution is 2.26. The van der Waals surface area contributed by atoms with Crippen molar-refractivity contribution in [3.8, 4) is 0 Å². The Morgan fingerprint density at radius 3 is 1.48 bits per heavy atom. The normalized spacial score (nSPS) is 20.1. The van der Waals surface area contributed by atoms with Crippen molar-refractivity contribution < 1.29 is 49.3 Å². The van der Waals surface area contributed by atoms with Crippen LogP contribution < -0.4 is 5.32 Å². The number of hydrogen-bond donors (Lipinski definition) is 6. The van der Waals surface area contributed by atoms with Crippen LogP contribution in [0, 0.1) is 0 Å². The number of aliphatic hydroxyl groups is 5. The zero-order valence-electron chi connectivity index (χ0n) is 46.0. The summed E-state index contributed by atoms with van der Waals surface area (Å²) >= 11 is 0. The fraction of sp³-hybridized carbons (Fsp3) is 0.710. The van der Waals surface area contributed by atoms with Gasteiger partial charge in [-0.15, -0.1) is 0 Å². The van der Waals surface area contributed by atoms with Gasteiger partial charge in [0.25, 0.3) is 0 Å². The number of ether oxygens (including phenoxy) is 3. The van der Waals surface area contributed by atoms with Crippen LogP contribution in [0.5, 0.6) is 0 Å². The summed E-state index contributed by atoms with van der Waals surface area (Å²) in [7, 11) is 0. The van der Waals surface area contributed by atoms with Crippen LogP contribution in [0.2, 0.25) is 0 Å². The summed E-state index contributed by atoms with van der Waals surface area (Å²) in [6.45, 7) is 5.58. The number of unbranched alkanes of at least 4 members (excludes halogenated alkanes) is 20. The molecular weight excluding hydrogens is 919 g/mol. The summed E-state index contributed by atoms with van der Waals surface area (Å²) < 4.78 is 17.5. The lowest BCUT2D eigenvalue weighted by atomic mass is 9.99. The minimum Gasteiger partial charge on any atom is -0.454 e. The van der Waals surface area contributed by atoms with E-state index in [4.69, 9.17) is 14.2 Å². The highest BCUT2D eigenvalue weighted by molar-refractivity contribution is 5.81. The molecule has 1 saturated heterocycles. The molecule has 11 nitrogen and oxygen atoms in total. The van der Waals surface area contributed by atoms with E-state index in [1.165, 1.54) is 77.0 Å². The van der Waals surface area contributed by atoms with Crippen molar-refractivity contribution in [2.45, 2.75) is 269 Å². The van der Waals surface area contributed by atoms with Gasteiger partial charge in [-0.05, 0) is 83.5 Å². The van der Waals surface area contributed by atoms with E-state index >= 15 is 0 Å². The first kappa shape index (κ1) is 67.6. The number of allylic oxidation sites excluding steroid dienone is 14. The van der Waals surface area contributed by atoms with E-state index in [0.29, 0.717) is 12.8 Å². The Balaban J connectivity index is 2.72. The molecule has 0 spiro atoms. The summed E-state index contributed by atoms with van der Waals surface area (Å²) in [4.78, 5) is 26.4. The van der Waals surface area contributed by atoms with E-state index < -0.39 is 67.4 Å². The standard InChI is InChI=1S/C62H105NO10/c1-4-7-10-13-16-19-22-24-25-26-27-28-29-30-31-32-35-38-41-44-47-50-57(67)73-60-59(69)58(68)56(51-64)72-62(60)71-52-53(54(65)48-45-42-39-36-33-21-18-15-12-9-6-3)63-61(70)55(66)49-46-43-40-37-34-23-20-17-14-11-8-5-2/h7,10,16,19,24-25,27-28,30-31,34,37,43,45-46,48,53-56,58-60,62,64-66,68-69H,4-6,8-9,11-15,17-18,20-23,26,29,32-33,35-36,38-42,44,47,49-52H2,1-3H3,(H,63,70)/b10-7-,19-16-,25-24-,28-27-,31-30-,37-34-,46-43+,48-45+. The third-order valence-corrected chi connectivity index (χ3v) is 13.0. The molecule has 418 valence electrons. The van der Waals surface area contributed by atoms with Gasteiger partial charge < -0.3 is 45.1 Å². The third-order valence-electron chi connectivity index (χ3n) is 13.0. The Kier molecular flexibility index (Phi) is 45.8. The van der Waals surface area contributed by atoms with Crippen molar-refractivity contribution in [3.63, 3.8) is 0 Å². The molecule has 0 aromatic heterocycles. The van der Waals surface area contributed by atoms with Crippen molar-refractivity contribution in [2.24, 2.45) is 0 Å². The lowest BCUT2D eigenvalue weighted by Gasteiger charge is -2.41. The second kappa shape index (κ2) is 49.5. The number of carbonyl (C=O) groups excluding carboxylic acids is 2. The smallest absolute Gasteiger partial charge is 0.306 e. The van der Waals surface area contributed by atoms with Crippen LogP contribution in [0.25, 0.3) is 0 Å². The van der Waals surface area contributed by atoms with Crippen LogP contribution in [0.3, 0.4) is 0 Å². The van der Waals surface area contributed by atoms with Crippen molar-refractivity contribution in [1.29, 1.82) is 0 Å². The van der Waals surface area contributed by atoms with E-state index in [1.54, 1.807) is 12.2 Å². The van der Waals surface area contributed by atoms with E-state index in [-0.39, 0.29) is 19.4 Å². The number of nitrogens with one attached hydrogen (secondary N) is 1. The maximum atomic E-state index is 13.3. The van der Waals surface area contributed by atoms with Crippen LogP contribution in [0.15, 0.2) is 97.2 Å². The number of esters is 1. The van der Waals surface area contributed by atoms with Gasteiger partial charge in [0, 0.05) is 12.8 Å². The molecule has 6 N–H and O–H groups in total. The van der Waals surface area contributed by atoms with Gasteiger partial charge in [0.05, 0.1) is 25.4 Å². The van der Waals surface area contributed by atoms with E-state index in [9.17, 15) is 35.1 Å². The topological polar surface area (TPSA) is 175 Å². The Labute approximate surface area is 444 Å². The molecule has 1 amide bonds. The molecule has 0 aromatic rings. The molecule has 1 fully saturated rings. The summed E-state index contributed by atoms with van der Waals surface area (Å²) in [6.07, 6.45) is 54.7. The molecule has 8 atom stereocenters. The fourth-order valence-corrected chi connectivity index (χ4v) is 8.37. The van der Waals surface area contributed by atoms with Gasteiger partial charge >= 0.3 is 5.97 Å². The minimum absolute atomic E-state index is 0.0757. The molecule has 73 heavy (non-hydrogen) atoms. The molecule has 0 saturated carbocycles. The van der Waals surface area contributed by atoms with Crippen molar-refractivity contribution in [2.75, 3.05) is 13.2 Å². The Morgan fingerprint density at radius 1 is 0.548 bits per heavy atom. The maximum absolute atomic E-state index is 13.3. The van der Waals surface area contributed by atoms with Crippen LogP contribution in [0.1, 0.15) is 220 Å². The molecule has 0 aliphatic carbocycles. The molecule has 1 heterocycles. The largest absolute Gasteiger partial charge is 0.454 e. The first-order chi connectivity index (χ1) is 35.7. The quantitative estimate of drug-likeness (QED) is 0.0196. The SMILES string of the molecule is CC/C=C\C/C=C\C/C=C\C/C=C\C/C=C\CCCCCCCC(=O)OC1C(OCC(NC(=O)C(O)C/C=C/C/C=C\CCCCCCCC)C(O)/C=C/CCCCCCCCCCC)OC(CO)C(O)C1O. The highest BCUT2D eigenvalue weighted by Gasteiger charge is 2.47. The van der Waals surface area contributed by atoms with Gasteiger partial charge in [-0.25, -0.2) is 0 Å². The molecule has 0 bridgehead atoms. The molecule has 0 aromatic carbocycles. The summed E-state index contributed by atoms with van der Waals surface area (Å²) in [5.41, 5.74) is 0. The number of hydrogen-bond acceptors (Lipinski definition) is 10. The Hall–Kier alpha value is -3.42. The fourth-order valence-electron chi connectivity index (χ4n) is 8.37. The van der Waals surface area contributed by atoms with E-state index in [1.807, 2.05) is 12.2 Å². The van der Waals surface area contributed by atoms with Gasteiger partial charge in [0.1, 0.15) is 24.4 Å². The number of amides is 1. The average Bonchev–Trinajstić information content (AvgIpc) is 3.39. The minimum atomic E-state index is -1.64. The predicted molar refractivity (Wildman–Crippen MR) is 301 cm³/mol. The molecule has 1 aliphatic heterocycles. The molecule has 1 aliphatic rings. The van der Waals surface area contributed by atoms with Gasteiger partial charge in [0.2, 0.25) is 5.91 Å². The highest BCUT2D eigenvalue weighted by atomic mass is 16.7. The predicted octanol–water partition coefficient (Wildman–Crippen LogP) is 13.2. The average molecular weight is 1020 g/mol. The Bertz CT molecular complexity index is 1550. The van der Waals surface area contributed by atoms with Crippen LogP contribution >= 0.6 is 0 Å². The number of aliphatic hydroxyl groups excluding tert-OH is 5. The molecular formula is C62H105NO10. The van der Waals surface area contributed by atoms with Crippen molar-refractivity contribution in [3.05, 3.63) is 97.2 Å². The lowest BCUT2D eigenvalue weighted by molar-refractivity contribution is -0.305. The summed E-state index contributed by atoms with van der Waals surface area (Å²) in [5.74, 6) is -1.29. The summed E-state index contributed by atoms with van der Waals surface area (Å²) in [6, 6.07) is -1.06. The second-order valence-electron chi connectivity index (χ2n) is 19.6. The van der Waals surface area contributed by atoms with Gasteiger partial charge in [-0.1, -0.05) is 221 Å². The Morgan fingerprint density at radius 2 is 0.986 bits per heavy atom. The number of carbonyl (C=O) groups is 2. The first-order valence-corrected chi connectivity index (χ1v) is 29.0. The van der Waals surface area contributed by atoms with Gasteiger partial charge in [-0.2, -0.15) is 0 Å². The zero-order valence-corrected chi connectivity index (χ0v) is 46.0. The van der Waals surface area contributed by atoms with Crippen molar-refractivity contribution >= 4 is 11.9 Å². The summed E-state index contributed by atoms with van der Waals surface area (Å²) in [5, 5.41) is 56.6. The monoisotopic (exact) mass is 1020 g/mol. The molecule has 1 rings (SSSR count). The van der Waals surface area contributed by atoms with E-state index in [0.717, 1.165) is 96.3 Å². The van der Waals surface area contributed by atoms with Crippen LogP contribution in [-0.2, 0) is 23.8 Å². The van der Waals surface area contributed by atoms with Crippen LogP contribution in [0.4, 0.5) is 0 Å². The molecule has 8 unspecified atom stereocenters. The van der Waals surface area contributed by atoms with Crippen LogP contribution in [-0.4, -0.2) is 99.6 Å². The van der Waals surface area contributed by atoms with Crippen molar-refractivity contribution in [1.82, 2.24) is 5.32 Å². The lowest BCUT2D eigenvalue weighted by Crippen LogP contribution is -2.61. The molecule has 11 heteroatoms. The third kappa shape index (κ3) is 37.9. The maximum Gasteiger partial charge on any atom is 0.306 e. The molecule has 0 radical (unpaired) electrons. The first-order valence-electron chi connectivity index (χ1n) is 29.0.